The Morgan fingerprint density at radius 3 is 1.08 bits per heavy atom. The molecule has 0 bridgehead atoms. The van der Waals surface area contributed by atoms with E-state index in [0.717, 1.165) is 39.2 Å². The first-order chi connectivity index (χ1) is 38.7. The Balaban J connectivity index is 0.846. The van der Waals surface area contributed by atoms with Gasteiger partial charge < -0.3 is 9.32 Å². The number of rotatable bonds is 10. The molecule has 2 heteroatoms. The molecule has 13 aromatic rings. The Morgan fingerprint density at radius 2 is 0.590 bits per heavy atom. The summed E-state index contributed by atoms with van der Waals surface area (Å²) < 4.78 is 5.62. The summed E-state index contributed by atoms with van der Waals surface area (Å²) in [6.07, 6.45) is 1.75. The maximum absolute atomic E-state index is 5.62. The third kappa shape index (κ3) is 7.04. The second-order valence-corrected chi connectivity index (χ2v) is 20.7. The van der Waals surface area contributed by atoms with Crippen molar-refractivity contribution in [3.05, 3.63) is 354 Å². The van der Waals surface area contributed by atoms with E-state index in [1.807, 2.05) is 12.1 Å². The SMILES string of the molecule is c1ccc(C2(c3ccccc3)c3ccccc3-c3cc(-c4ccc(N(c5ccc(-c6ccc(-c7ccc8occc8c7)cc6)cc5)c5ccc6c(c5)-c5ccccc5C6(c5ccccc5)c5ccccc5)cc4)ccc32)cc1. The van der Waals surface area contributed by atoms with Crippen molar-refractivity contribution in [2.24, 2.45) is 0 Å². The van der Waals surface area contributed by atoms with Crippen LogP contribution in [0.2, 0.25) is 0 Å². The average molecular weight is 994 g/mol. The van der Waals surface area contributed by atoms with Crippen LogP contribution < -0.4 is 4.90 Å². The lowest BCUT2D eigenvalue weighted by Gasteiger charge is -2.34. The summed E-state index contributed by atoms with van der Waals surface area (Å²) in [6, 6.07) is 112. The largest absolute Gasteiger partial charge is 0.464 e. The first-order valence-electron chi connectivity index (χ1n) is 27.0. The van der Waals surface area contributed by atoms with Gasteiger partial charge in [0.15, 0.2) is 0 Å². The molecular formula is C76H51NO. The monoisotopic (exact) mass is 993 g/mol. The van der Waals surface area contributed by atoms with Gasteiger partial charge in [-0.2, -0.15) is 0 Å². The summed E-state index contributed by atoms with van der Waals surface area (Å²) in [5.41, 5.74) is 25.5. The van der Waals surface area contributed by atoms with Crippen LogP contribution in [0.25, 0.3) is 66.6 Å². The summed E-state index contributed by atoms with van der Waals surface area (Å²) in [4.78, 5) is 2.42. The predicted octanol–water partition coefficient (Wildman–Crippen LogP) is 19.6. The van der Waals surface area contributed by atoms with Crippen LogP contribution >= 0.6 is 0 Å². The van der Waals surface area contributed by atoms with Gasteiger partial charge in [-0.3, -0.25) is 0 Å². The van der Waals surface area contributed by atoms with E-state index >= 15 is 0 Å². The Morgan fingerprint density at radius 1 is 0.244 bits per heavy atom. The highest BCUT2D eigenvalue weighted by atomic mass is 16.3. The van der Waals surface area contributed by atoms with Crippen LogP contribution in [0.3, 0.4) is 0 Å². The molecule has 366 valence electrons. The van der Waals surface area contributed by atoms with Gasteiger partial charge in [0.05, 0.1) is 17.1 Å². The molecule has 0 fully saturated rings. The minimum Gasteiger partial charge on any atom is -0.464 e. The molecule has 12 aromatic carbocycles. The van der Waals surface area contributed by atoms with Crippen LogP contribution in [0, 0.1) is 0 Å². The molecule has 78 heavy (non-hydrogen) atoms. The molecule has 2 aliphatic carbocycles. The van der Waals surface area contributed by atoms with Gasteiger partial charge in [-0.05, 0) is 161 Å². The van der Waals surface area contributed by atoms with Crippen LogP contribution in [0.15, 0.2) is 314 Å². The van der Waals surface area contributed by atoms with Gasteiger partial charge in [0.2, 0.25) is 0 Å². The molecule has 0 radical (unpaired) electrons. The third-order valence-corrected chi connectivity index (χ3v) is 16.7. The van der Waals surface area contributed by atoms with Crippen molar-refractivity contribution in [3.8, 4) is 55.6 Å². The molecule has 1 aromatic heterocycles. The van der Waals surface area contributed by atoms with Crippen LogP contribution in [0.1, 0.15) is 44.5 Å². The molecule has 0 N–H and O–H groups in total. The molecule has 0 saturated carbocycles. The lowest BCUT2D eigenvalue weighted by Crippen LogP contribution is -2.28. The summed E-state index contributed by atoms with van der Waals surface area (Å²) in [5.74, 6) is 0. The smallest absolute Gasteiger partial charge is 0.133 e. The van der Waals surface area contributed by atoms with E-state index in [1.165, 1.54) is 89.0 Å². The van der Waals surface area contributed by atoms with Crippen molar-refractivity contribution in [2.75, 3.05) is 4.90 Å². The van der Waals surface area contributed by atoms with E-state index in [2.05, 4.69) is 296 Å². The Kier molecular flexibility index (Phi) is 10.7. The van der Waals surface area contributed by atoms with Crippen LogP contribution in [-0.4, -0.2) is 0 Å². The zero-order valence-corrected chi connectivity index (χ0v) is 42.8. The van der Waals surface area contributed by atoms with Gasteiger partial charge in [0, 0.05) is 22.4 Å². The Labute approximate surface area is 455 Å². The van der Waals surface area contributed by atoms with E-state index in [-0.39, 0.29) is 0 Å². The van der Waals surface area contributed by atoms with Crippen molar-refractivity contribution < 1.29 is 4.42 Å². The van der Waals surface area contributed by atoms with Crippen LogP contribution in [0.5, 0.6) is 0 Å². The molecule has 0 atom stereocenters. The molecule has 0 unspecified atom stereocenters. The van der Waals surface area contributed by atoms with E-state index < -0.39 is 10.8 Å². The summed E-state index contributed by atoms with van der Waals surface area (Å²) in [5, 5.41) is 1.11. The molecule has 2 nitrogen and oxygen atoms in total. The van der Waals surface area contributed by atoms with Gasteiger partial charge >= 0.3 is 0 Å². The first-order valence-corrected chi connectivity index (χ1v) is 27.0. The molecule has 0 amide bonds. The summed E-state index contributed by atoms with van der Waals surface area (Å²) >= 11 is 0. The second kappa shape index (κ2) is 18.4. The van der Waals surface area contributed by atoms with Gasteiger partial charge in [-0.15, -0.1) is 0 Å². The predicted molar refractivity (Wildman–Crippen MR) is 322 cm³/mol. The number of nitrogens with zero attached hydrogens (tertiary/aromatic N) is 1. The highest BCUT2D eigenvalue weighted by Crippen LogP contribution is 2.59. The van der Waals surface area contributed by atoms with Crippen molar-refractivity contribution in [2.45, 2.75) is 10.8 Å². The minimum absolute atomic E-state index is 0.440. The Hall–Kier alpha value is -10.0. The van der Waals surface area contributed by atoms with Crippen LogP contribution in [0.4, 0.5) is 17.1 Å². The number of anilines is 3. The number of hydrogen-bond acceptors (Lipinski definition) is 2. The van der Waals surface area contributed by atoms with Crippen molar-refractivity contribution in [1.29, 1.82) is 0 Å². The second-order valence-electron chi connectivity index (χ2n) is 20.7. The highest BCUT2D eigenvalue weighted by Gasteiger charge is 2.47. The van der Waals surface area contributed by atoms with Gasteiger partial charge in [0.25, 0.3) is 0 Å². The van der Waals surface area contributed by atoms with E-state index in [4.69, 9.17) is 4.42 Å². The van der Waals surface area contributed by atoms with Gasteiger partial charge in [-0.1, -0.05) is 243 Å². The number of hydrogen-bond donors (Lipinski definition) is 0. The highest BCUT2D eigenvalue weighted by molar-refractivity contribution is 5.92. The third-order valence-electron chi connectivity index (χ3n) is 16.7. The topological polar surface area (TPSA) is 16.4 Å². The summed E-state index contributed by atoms with van der Waals surface area (Å²) in [7, 11) is 0. The Bertz CT molecular complexity index is 4250. The fourth-order valence-corrected chi connectivity index (χ4v) is 13.3. The quantitative estimate of drug-likeness (QED) is 0.136. The fraction of sp³-hybridized carbons (Fsp3) is 0.0263. The molecule has 0 saturated heterocycles. The van der Waals surface area contributed by atoms with Crippen molar-refractivity contribution in [1.82, 2.24) is 0 Å². The minimum atomic E-state index is -0.485. The van der Waals surface area contributed by atoms with Crippen molar-refractivity contribution >= 4 is 28.0 Å². The summed E-state index contributed by atoms with van der Waals surface area (Å²) in [6.45, 7) is 0. The molecule has 0 aliphatic heterocycles. The number of fused-ring (bicyclic) bond motifs is 7. The average Bonchev–Trinajstić information content (AvgIpc) is 4.31. The van der Waals surface area contributed by atoms with Gasteiger partial charge in [0.1, 0.15) is 5.58 Å². The maximum Gasteiger partial charge on any atom is 0.133 e. The van der Waals surface area contributed by atoms with E-state index in [1.54, 1.807) is 6.26 Å². The maximum atomic E-state index is 5.62. The zero-order valence-electron chi connectivity index (χ0n) is 42.8. The lowest BCUT2D eigenvalue weighted by atomic mass is 9.67. The van der Waals surface area contributed by atoms with E-state index in [0.29, 0.717) is 0 Å². The molecule has 0 spiro atoms. The van der Waals surface area contributed by atoms with E-state index in [9.17, 15) is 0 Å². The normalized spacial score (nSPS) is 13.3. The first kappa shape index (κ1) is 45.4. The molecule has 2 aliphatic rings. The number of benzene rings is 12. The molecular weight excluding hydrogens is 943 g/mol. The molecule has 1 heterocycles. The standard InChI is InChI=1S/C76H51NO/c1-5-17-59(18-6-1)75(60-19-7-2-8-20-60)70-27-15-13-25-66(70)68-50-57(37-44-72(68)75)55-35-41-64(42-36-55)77(63-39-33-53(34-40-63)52-29-31-54(32-30-52)56-38-46-74-58(49-56)47-48-78-74)65-43-45-73-69(51-65)67-26-14-16-28-71(67)76(73,61-21-9-3-10-22-61)62-23-11-4-12-24-62/h1-51H. The zero-order chi connectivity index (χ0) is 51.6. The number of furan rings is 1. The molecule has 15 rings (SSSR count). The lowest BCUT2D eigenvalue weighted by molar-refractivity contribution is 0.616. The fourth-order valence-electron chi connectivity index (χ4n) is 13.3. The van der Waals surface area contributed by atoms with Crippen LogP contribution in [-0.2, 0) is 10.8 Å². The van der Waals surface area contributed by atoms with Crippen molar-refractivity contribution in [3.63, 3.8) is 0 Å². The van der Waals surface area contributed by atoms with Gasteiger partial charge in [-0.25, -0.2) is 0 Å².